The topological polar surface area (TPSA) is 40.1 Å². The Bertz CT molecular complexity index is 190. The molecule has 110 valence electrons. The number of carbonyl (C=O) groups excluding carboxylic acids is 1. The van der Waals surface area contributed by atoms with Crippen molar-refractivity contribution in [2.24, 2.45) is 10.8 Å². The maximum atomic E-state index is 9.26. The lowest BCUT2D eigenvalue weighted by molar-refractivity contribution is -0.305. The molecule has 0 saturated heterocycles. The van der Waals surface area contributed by atoms with E-state index in [2.05, 4.69) is 41.5 Å². The van der Waals surface area contributed by atoms with Crippen molar-refractivity contribution < 1.29 is 9.90 Å². The van der Waals surface area contributed by atoms with Crippen molar-refractivity contribution in [1.29, 1.82) is 0 Å². The van der Waals surface area contributed by atoms with Gasteiger partial charge in [0.1, 0.15) is 0 Å². The first-order valence-corrected chi connectivity index (χ1v) is 7.18. The number of hydrogen-bond acceptors (Lipinski definition) is 2. The van der Waals surface area contributed by atoms with Gasteiger partial charge >= 0.3 is 0 Å². The molecular weight excluding hydrogens is 224 g/mol. The van der Waals surface area contributed by atoms with Crippen molar-refractivity contribution in [3.05, 3.63) is 0 Å². The number of aliphatic carboxylic acids is 1. The van der Waals surface area contributed by atoms with Gasteiger partial charge in [0.25, 0.3) is 0 Å². The van der Waals surface area contributed by atoms with Crippen molar-refractivity contribution >= 4 is 5.97 Å². The summed E-state index contributed by atoms with van der Waals surface area (Å²) in [6, 6.07) is 0. The van der Waals surface area contributed by atoms with Crippen LogP contribution in [-0.2, 0) is 4.79 Å². The molecule has 0 aromatic carbocycles. The average molecular weight is 257 g/mol. The fourth-order valence-electron chi connectivity index (χ4n) is 1.49. The van der Waals surface area contributed by atoms with Crippen LogP contribution in [0.1, 0.15) is 87.0 Å². The van der Waals surface area contributed by atoms with E-state index in [1.807, 2.05) is 0 Å². The highest BCUT2D eigenvalue weighted by Crippen LogP contribution is 2.25. The molecule has 0 spiro atoms. The monoisotopic (exact) mass is 257 g/mol. The van der Waals surface area contributed by atoms with Crippen molar-refractivity contribution in [3.63, 3.8) is 0 Å². The summed E-state index contributed by atoms with van der Waals surface area (Å²) in [4.78, 5) is 9.26. The van der Waals surface area contributed by atoms with E-state index < -0.39 is 5.97 Å². The Morgan fingerprint density at radius 3 is 1.28 bits per heavy atom. The van der Waals surface area contributed by atoms with E-state index in [0.717, 1.165) is 0 Å². The molecule has 0 saturated carbocycles. The van der Waals surface area contributed by atoms with Crippen LogP contribution < -0.4 is 5.11 Å². The van der Waals surface area contributed by atoms with Crippen molar-refractivity contribution in [3.8, 4) is 0 Å². The highest BCUT2D eigenvalue weighted by molar-refractivity contribution is 5.63. The molecule has 0 aliphatic heterocycles. The van der Waals surface area contributed by atoms with Crippen molar-refractivity contribution in [2.45, 2.75) is 87.0 Å². The molecule has 0 aromatic rings. The predicted molar refractivity (Wildman–Crippen MR) is 77.3 cm³/mol. The van der Waals surface area contributed by atoms with Crippen LogP contribution in [0.25, 0.3) is 0 Å². The molecule has 0 bridgehead atoms. The molecule has 0 atom stereocenters. The van der Waals surface area contributed by atoms with E-state index in [4.69, 9.17) is 0 Å². The highest BCUT2D eigenvalue weighted by atomic mass is 16.4. The van der Waals surface area contributed by atoms with Crippen LogP contribution >= 0.6 is 0 Å². The van der Waals surface area contributed by atoms with Crippen LogP contribution in [0.4, 0.5) is 0 Å². The van der Waals surface area contributed by atoms with Gasteiger partial charge in [-0.2, -0.15) is 0 Å². The fraction of sp³-hybridized carbons (Fsp3) is 0.938. The van der Waals surface area contributed by atoms with Crippen LogP contribution in [0.2, 0.25) is 0 Å². The molecule has 2 heteroatoms. The summed E-state index contributed by atoms with van der Waals surface area (Å²) in [6.45, 7) is 15.5. The maximum Gasteiger partial charge on any atom is 0.0411 e. The quantitative estimate of drug-likeness (QED) is 0.693. The van der Waals surface area contributed by atoms with Crippen molar-refractivity contribution in [2.75, 3.05) is 0 Å². The van der Waals surface area contributed by atoms with Crippen LogP contribution in [0.15, 0.2) is 0 Å². The van der Waals surface area contributed by atoms with Gasteiger partial charge in [0.15, 0.2) is 0 Å². The van der Waals surface area contributed by atoms with E-state index in [1.165, 1.54) is 39.0 Å². The summed E-state index contributed by atoms with van der Waals surface area (Å²) in [5.41, 5.74) is 1.06. The summed E-state index contributed by atoms with van der Waals surface area (Å²) >= 11 is 0. The molecule has 0 rings (SSSR count). The van der Waals surface area contributed by atoms with Gasteiger partial charge in [-0.15, -0.1) is 0 Å². The van der Waals surface area contributed by atoms with Crippen LogP contribution in [0.3, 0.4) is 0 Å². The predicted octanol–water partition coefficient (Wildman–Crippen LogP) is 4.18. The fourth-order valence-corrected chi connectivity index (χ4v) is 1.49. The first kappa shape index (κ1) is 19.8. The number of carboxylic acids is 1. The third-order valence-corrected chi connectivity index (χ3v) is 2.64. The first-order chi connectivity index (χ1) is 7.98. The van der Waals surface area contributed by atoms with E-state index in [9.17, 15) is 9.90 Å². The van der Waals surface area contributed by atoms with E-state index in [-0.39, 0.29) is 6.42 Å². The molecule has 0 amide bonds. The second-order valence-electron chi connectivity index (χ2n) is 7.41. The number of rotatable bonds is 5. The number of unbranched alkanes of at least 4 members (excludes halogenated alkanes) is 2. The molecule has 18 heavy (non-hydrogen) atoms. The van der Waals surface area contributed by atoms with E-state index >= 15 is 0 Å². The second-order valence-corrected chi connectivity index (χ2v) is 7.41. The molecule has 0 heterocycles. The Labute approximate surface area is 114 Å². The zero-order valence-electron chi connectivity index (χ0n) is 13.6. The summed E-state index contributed by atoms with van der Waals surface area (Å²) in [5, 5.41) is 9.26. The summed E-state index contributed by atoms with van der Waals surface area (Å²) in [6.07, 6.45) is 7.07. The SMILES string of the molecule is CC(C)(C)CCCCCC(C)(C)C.CCC(=O)[O-]. The lowest BCUT2D eigenvalue weighted by Crippen LogP contribution is -2.19. The zero-order chi connectivity index (χ0) is 14.8. The van der Waals surface area contributed by atoms with Crippen LogP contribution in [0.5, 0.6) is 0 Å². The summed E-state index contributed by atoms with van der Waals surface area (Å²) < 4.78 is 0. The minimum atomic E-state index is -0.995. The molecule has 0 unspecified atom stereocenters. The summed E-state index contributed by atoms with van der Waals surface area (Å²) in [7, 11) is 0. The Hall–Kier alpha value is -0.530. The molecule has 0 aromatic heterocycles. The standard InChI is InChI=1S/C13H28.C3H6O2/c1-12(2,3)10-8-7-9-11-13(4,5)6;1-2-3(4)5/h7-11H2,1-6H3;2H2,1H3,(H,4,5)/p-1. The molecule has 0 aliphatic carbocycles. The van der Waals surface area contributed by atoms with Gasteiger partial charge in [-0.05, 0) is 30.1 Å². The summed E-state index contributed by atoms with van der Waals surface area (Å²) in [5.74, 6) is -0.995. The second kappa shape index (κ2) is 9.41. The number of carbonyl (C=O) groups is 1. The molecule has 0 fully saturated rings. The number of carboxylic acid groups (broad SMARTS) is 1. The Balaban J connectivity index is 0. The van der Waals surface area contributed by atoms with E-state index in [0.29, 0.717) is 10.8 Å². The Morgan fingerprint density at radius 2 is 1.11 bits per heavy atom. The molecule has 0 N–H and O–H groups in total. The lowest BCUT2D eigenvalue weighted by atomic mass is 9.86. The van der Waals surface area contributed by atoms with Gasteiger partial charge in [0, 0.05) is 5.97 Å². The maximum absolute atomic E-state index is 9.26. The van der Waals surface area contributed by atoms with Crippen molar-refractivity contribution in [1.82, 2.24) is 0 Å². The Morgan fingerprint density at radius 1 is 0.833 bits per heavy atom. The zero-order valence-corrected chi connectivity index (χ0v) is 13.6. The third kappa shape index (κ3) is 24.6. The largest absolute Gasteiger partial charge is 0.550 e. The van der Waals surface area contributed by atoms with E-state index in [1.54, 1.807) is 0 Å². The minimum Gasteiger partial charge on any atom is -0.550 e. The number of hydrogen-bond donors (Lipinski definition) is 0. The van der Waals surface area contributed by atoms with Gasteiger partial charge < -0.3 is 9.90 Å². The van der Waals surface area contributed by atoms with Crippen LogP contribution in [0, 0.1) is 10.8 Å². The van der Waals surface area contributed by atoms with Crippen LogP contribution in [-0.4, -0.2) is 5.97 Å². The highest BCUT2D eigenvalue weighted by Gasteiger charge is 2.11. The minimum absolute atomic E-state index is 0.111. The van der Waals surface area contributed by atoms with Gasteiger partial charge in [0.2, 0.25) is 0 Å². The van der Waals surface area contributed by atoms with Gasteiger partial charge in [0.05, 0.1) is 0 Å². The molecular formula is C16H33O2-. The third-order valence-electron chi connectivity index (χ3n) is 2.64. The average Bonchev–Trinajstić information content (AvgIpc) is 2.14. The molecule has 0 radical (unpaired) electrons. The Kier molecular flexibility index (Phi) is 10.3. The lowest BCUT2D eigenvalue weighted by Gasteiger charge is -2.20. The van der Waals surface area contributed by atoms with Gasteiger partial charge in [-0.3, -0.25) is 0 Å². The molecule has 2 nitrogen and oxygen atoms in total. The first-order valence-electron chi connectivity index (χ1n) is 7.18. The van der Waals surface area contributed by atoms with Gasteiger partial charge in [-0.1, -0.05) is 67.7 Å². The smallest absolute Gasteiger partial charge is 0.0411 e. The normalized spacial score (nSPS) is 11.7. The van der Waals surface area contributed by atoms with Gasteiger partial charge in [-0.25, -0.2) is 0 Å². The molecule has 0 aliphatic rings.